The third-order valence-electron chi connectivity index (χ3n) is 5.41. The number of rotatable bonds is 6. The van der Waals surface area contributed by atoms with E-state index in [0.29, 0.717) is 5.95 Å². The Morgan fingerprint density at radius 3 is 1.56 bits per heavy atom. The number of benzene rings is 4. The summed E-state index contributed by atoms with van der Waals surface area (Å²) in [6, 6.07) is 37.5. The van der Waals surface area contributed by atoms with Gasteiger partial charge < -0.3 is 5.32 Å². The molecule has 0 amide bonds. The molecule has 0 aliphatic rings. The van der Waals surface area contributed by atoms with Crippen LogP contribution in [0.1, 0.15) is 66.5 Å². The maximum Gasteiger partial charge on any atom is 0.228 e. The number of aryl methyl sites for hydroxylation is 2. The van der Waals surface area contributed by atoms with Gasteiger partial charge in [-0.3, -0.25) is 0 Å². The first-order valence-corrected chi connectivity index (χ1v) is 14.6. The molecule has 0 aliphatic carbocycles. The Hall–Kier alpha value is -3.98. The molecule has 3 nitrogen and oxygen atoms in total. The molecule has 5 aromatic rings. The molecule has 0 unspecified atom stereocenters. The van der Waals surface area contributed by atoms with Crippen molar-refractivity contribution >= 4 is 22.5 Å². The minimum absolute atomic E-state index is 0.606. The van der Waals surface area contributed by atoms with Gasteiger partial charge in [0, 0.05) is 16.6 Å². The van der Waals surface area contributed by atoms with Crippen molar-refractivity contribution in [3.63, 3.8) is 0 Å². The van der Waals surface area contributed by atoms with Crippen LogP contribution in [0.2, 0.25) is 0 Å². The minimum atomic E-state index is 0.606. The molecule has 0 saturated heterocycles. The highest BCUT2D eigenvalue weighted by atomic mass is 15.1. The fourth-order valence-electron chi connectivity index (χ4n) is 3.77. The highest BCUT2D eigenvalue weighted by molar-refractivity contribution is 5.93. The first-order chi connectivity index (χ1) is 19.3. The summed E-state index contributed by atoms with van der Waals surface area (Å²) in [6.07, 6.45) is 2.07. The minimum Gasteiger partial charge on any atom is -0.324 e. The van der Waals surface area contributed by atoms with Crippen LogP contribution in [-0.2, 0) is 12.8 Å². The predicted octanol–water partition coefficient (Wildman–Crippen LogP) is 10.9. The molecule has 1 aromatic heterocycles. The molecule has 206 valence electrons. The number of para-hydroxylation sites is 1. The molecular formula is C36H47N3. The molecule has 1 heterocycles. The van der Waals surface area contributed by atoms with Gasteiger partial charge in [0.15, 0.2) is 0 Å². The Balaban J connectivity index is 0.000000874. The molecule has 0 spiro atoms. The monoisotopic (exact) mass is 521 g/mol. The van der Waals surface area contributed by atoms with Gasteiger partial charge >= 0.3 is 0 Å². The fourth-order valence-corrected chi connectivity index (χ4v) is 3.77. The maximum absolute atomic E-state index is 4.84. The van der Waals surface area contributed by atoms with Crippen LogP contribution < -0.4 is 5.32 Å². The van der Waals surface area contributed by atoms with E-state index in [1.54, 1.807) is 0 Å². The molecule has 0 atom stereocenters. The average molecular weight is 522 g/mol. The van der Waals surface area contributed by atoms with Gasteiger partial charge in [-0.15, -0.1) is 0 Å². The summed E-state index contributed by atoms with van der Waals surface area (Å²) in [7, 11) is 0. The van der Waals surface area contributed by atoms with E-state index < -0.39 is 0 Å². The second-order valence-electron chi connectivity index (χ2n) is 7.59. The summed E-state index contributed by atoms with van der Waals surface area (Å²) in [4.78, 5) is 9.58. The summed E-state index contributed by atoms with van der Waals surface area (Å²) in [5.74, 6) is 0.606. The van der Waals surface area contributed by atoms with Crippen molar-refractivity contribution in [1.29, 1.82) is 0 Å². The molecular weight excluding hydrogens is 474 g/mol. The van der Waals surface area contributed by atoms with Crippen LogP contribution in [0.4, 0.5) is 11.6 Å². The molecule has 39 heavy (non-hydrogen) atoms. The lowest BCUT2D eigenvalue weighted by Gasteiger charge is -2.11. The van der Waals surface area contributed by atoms with Crippen LogP contribution in [0.5, 0.6) is 0 Å². The van der Waals surface area contributed by atoms with E-state index in [4.69, 9.17) is 9.97 Å². The third kappa shape index (κ3) is 10.4. The van der Waals surface area contributed by atoms with Gasteiger partial charge in [-0.1, -0.05) is 146 Å². The fraction of sp³-hybridized carbons (Fsp3) is 0.278. The standard InChI is InChI=1S/C28H23N3.4C2H6/c1-3-9-21(10-4-1)15-16-22-17-19-24(20-18-22)29-28-30-26-14-8-7-13-25(26)27(31-28)23-11-5-2-6-12-23;4*1-2/h1-14,17-20H,15-16H2,(H,29,30,31);4*1-2H3. The Morgan fingerprint density at radius 2 is 0.974 bits per heavy atom. The van der Waals surface area contributed by atoms with Crippen molar-refractivity contribution in [2.24, 2.45) is 0 Å². The number of aromatic nitrogens is 2. The topological polar surface area (TPSA) is 37.8 Å². The van der Waals surface area contributed by atoms with E-state index in [2.05, 4.69) is 78.1 Å². The quantitative estimate of drug-likeness (QED) is 0.241. The van der Waals surface area contributed by atoms with Crippen LogP contribution in [0.15, 0.2) is 109 Å². The van der Waals surface area contributed by atoms with E-state index in [0.717, 1.165) is 40.7 Å². The number of fused-ring (bicyclic) bond motifs is 1. The summed E-state index contributed by atoms with van der Waals surface area (Å²) in [6.45, 7) is 16.0. The summed E-state index contributed by atoms with van der Waals surface area (Å²) < 4.78 is 0. The van der Waals surface area contributed by atoms with Crippen LogP contribution in [0.25, 0.3) is 22.2 Å². The van der Waals surface area contributed by atoms with Gasteiger partial charge in [-0.25, -0.2) is 9.97 Å². The molecule has 3 heteroatoms. The zero-order valence-electron chi connectivity index (χ0n) is 25.2. The first kappa shape index (κ1) is 33.0. The number of hydrogen-bond donors (Lipinski definition) is 1. The molecule has 5 rings (SSSR count). The Kier molecular flexibility index (Phi) is 17.0. The Bertz CT molecular complexity index is 1280. The number of nitrogens with zero attached hydrogens (tertiary/aromatic N) is 2. The molecule has 0 bridgehead atoms. The smallest absolute Gasteiger partial charge is 0.228 e. The van der Waals surface area contributed by atoms with Crippen LogP contribution in [0.3, 0.4) is 0 Å². The highest BCUT2D eigenvalue weighted by Gasteiger charge is 2.09. The van der Waals surface area contributed by atoms with Gasteiger partial charge in [0.2, 0.25) is 5.95 Å². The van der Waals surface area contributed by atoms with E-state index >= 15 is 0 Å². The lowest BCUT2D eigenvalue weighted by atomic mass is 10.0. The van der Waals surface area contributed by atoms with Crippen molar-refractivity contribution in [3.05, 3.63) is 120 Å². The van der Waals surface area contributed by atoms with E-state index in [9.17, 15) is 0 Å². The lowest BCUT2D eigenvalue weighted by molar-refractivity contribution is 0.960. The highest BCUT2D eigenvalue weighted by Crippen LogP contribution is 2.28. The van der Waals surface area contributed by atoms with Gasteiger partial charge in [-0.05, 0) is 42.2 Å². The van der Waals surface area contributed by atoms with Gasteiger partial charge in [0.1, 0.15) is 0 Å². The third-order valence-corrected chi connectivity index (χ3v) is 5.41. The number of hydrogen-bond acceptors (Lipinski definition) is 3. The van der Waals surface area contributed by atoms with Crippen molar-refractivity contribution in [3.8, 4) is 11.3 Å². The molecule has 0 fully saturated rings. The molecule has 0 aliphatic heterocycles. The summed E-state index contributed by atoms with van der Waals surface area (Å²) >= 11 is 0. The first-order valence-electron chi connectivity index (χ1n) is 14.6. The summed E-state index contributed by atoms with van der Waals surface area (Å²) in [5.41, 5.74) is 6.62. The zero-order valence-corrected chi connectivity index (χ0v) is 25.2. The van der Waals surface area contributed by atoms with Crippen molar-refractivity contribution in [2.75, 3.05) is 5.32 Å². The van der Waals surface area contributed by atoms with Gasteiger partial charge in [0.05, 0.1) is 11.2 Å². The van der Waals surface area contributed by atoms with Crippen molar-refractivity contribution in [2.45, 2.75) is 68.2 Å². The molecule has 4 aromatic carbocycles. The maximum atomic E-state index is 4.84. The van der Waals surface area contributed by atoms with Crippen LogP contribution >= 0.6 is 0 Å². The molecule has 0 saturated carbocycles. The molecule has 0 radical (unpaired) electrons. The predicted molar refractivity (Wildman–Crippen MR) is 174 cm³/mol. The Morgan fingerprint density at radius 1 is 0.487 bits per heavy atom. The van der Waals surface area contributed by atoms with Crippen LogP contribution in [-0.4, -0.2) is 9.97 Å². The Labute approximate surface area is 237 Å². The second kappa shape index (κ2) is 20.0. The normalized spacial score (nSPS) is 9.23. The SMILES string of the molecule is CC.CC.CC.CC.c1ccc(CCc2ccc(Nc3nc(-c4ccccc4)c4ccccc4n3)cc2)cc1. The van der Waals surface area contributed by atoms with E-state index in [1.807, 2.05) is 91.8 Å². The van der Waals surface area contributed by atoms with Crippen LogP contribution in [0, 0.1) is 0 Å². The van der Waals surface area contributed by atoms with Crippen molar-refractivity contribution < 1.29 is 0 Å². The number of anilines is 2. The summed E-state index contributed by atoms with van der Waals surface area (Å²) in [5, 5.41) is 4.44. The number of nitrogens with one attached hydrogen (secondary N) is 1. The molecule has 1 N–H and O–H groups in total. The average Bonchev–Trinajstić information content (AvgIpc) is 3.05. The van der Waals surface area contributed by atoms with E-state index in [1.165, 1.54) is 11.1 Å². The lowest BCUT2D eigenvalue weighted by Crippen LogP contribution is -2.00. The largest absolute Gasteiger partial charge is 0.324 e. The zero-order chi connectivity index (χ0) is 28.9. The van der Waals surface area contributed by atoms with Gasteiger partial charge in [-0.2, -0.15) is 0 Å². The second-order valence-corrected chi connectivity index (χ2v) is 7.59. The van der Waals surface area contributed by atoms with Gasteiger partial charge in [0.25, 0.3) is 0 Å². The van der Waals surface area contributed by atoms with Crippen molar-refractivity contribution in [1.82, 2.24) is 9.97 Å². The van der Waals surface area contributed by atoms with E-state index in [-0.39, 0.29) is 0 Å².